The number of nitrogens with zero attached hydrogens (tertiary/aromatic N) is 2. The lowest BCUT2D eigenvalue weighted by Crippen LogP contribution is -2.36. The number of carbonyl (C=O) groups excluding carboxylic acids is 1. The van der Waals surface area contributed by atoms with Crippen LogP contribution in [-0.4, -0.2) is 47.8 Å². The van der Waals surface area contributed by atoms with Crippen LogP contribution in [0, 0.1) is 11.8 Å². The Labute approximate surface area is 168 Å². The number of halogens is 1. The molecule has 0 saturated heterocycles. The normalized spacial score (nSPS) is 21.1. The molecule has 0 N–H and O–H groups in total. The van der Waals surface area contributed by atoms with Gasteiger partial charge >= 0.3 is 0 Å². The molecule has 1 fully saturated rings. The molecule has 1 unspecified atom stereocenters. The molecule has 3 rings (SSSR count). The largest absolute Gasteiger partial charge is 0.477 e. The first-order valence-electron chi connectivity index (χ1n) is 9.67. The molecule has 0 bridgehead atoms. The summed E-state index contributed by atoms with van der Waals surface area (Å²) in [5.41, 5.74) is 0.718. The van der Waals surface area contributed by atoms with E-state index in [-0.39, 0.29) is 17.8 Å². The molecule has 2 aromatic heterocycles. The molecule has 154 valence electrons. The lowest BCUT2D eigenvalue weighted by atomic mass is 9.83. The average Bonchev–Trinajstić information content (AvgIpc) is 3.00. The molecule has 0 spiro atoms. The van der Waals surface area contributed by atoms with Crippen LogP contribution in [0.3, 0.4) is 0 Å². The second kappa shape index (κ2) is 9.60. The van der Waals surface area contributed by atoms with Gasteiger partial charge in [-0.05, 0) is 44.6 Å². The number of fused-ring (bicyclic) bond motifs is 1. The zero-order chi connectivity index (χ0) is 20.1. The Morgan fingerprint density at radius 3 is 2.82 bits per heavy atom. The molecule has 0 radical (unpaired) electrons. The van der Waals surface area contributed by atoms with Crippen LogP contribution in [-0.2, 0) is 9.53 Å². The number of thiazole rings is 1. The smallest absolute Gasteiger partial charge is 0.276 e. The fourth-order valence-corrected chi connectivity index (χ4v) is 3.99. The fraction of sp³-hybridized carbons (Fsp3) is 0.650. The van der Waals surface area contributed by atoms with Gasteiger partial charge in [0.05, 0.1) is 12.7 Å². The first kappa shape index (κ1) is 20.9. The van der Waals surface area contributed by atoms with Gasteiger partial charge in [0.15, 0.2) is 4.83 Å². The van der Waals surface area contributed by atoms with Crippen molar-refractivity contribution in [1.82, 2.24) is 9.97 Å². The molecule has 2 atom stereocenters. The van der Waals surface area contributed by atoms with Crippen LogP contribution in [0.1, 0.15) is 40.0 Å². The van der Waals surface area contributed by atoms with Gasteiger partial charge in [-0.1, -0.05) is 18.3 Å². The van der Waals surface area contributed by atoms with Gasteiger partial charge in [-0.2, -0.15) is 0 Å². The van der Waals surface area contributed by atoms with Gasteiger partial charge in [0.2, 0.25) is 5.88 Å². The SMILES string of the molecule is CC(=O)C[C@@H](C)COC1CC(COc2ccc3nc(OC(C)CF)sc3n2)C1. The van der Waals surface area contributed by atoms with E-state index >= 15 is 0 Å². The van der Waals surface area contributed by atoms with Gasteiger partial charge in [-0.3, -0.25) is 0 Å². The molecule has 8 heteroatoms. The van der Waals surface area contributed by atoms with Crippen LogP contribution >= 0.6 is 11.3 Å². The molecule has 1 aliphatic rings. The maximum absolute atomic E-state index is 12.6. The second-order valence-corrected chi connectivity index (χ2v) is 8.59. The van der Waals surface area contributed by atoms with Gasteiger partial charge in [-0.25, -0.2) is 14.4 Å². The molecule has 0 aliphatic heterocycles. The topological polar surface area (TPSA) is 70.5 Å². The molecule has 1 saturated carbocycles. The van der Waals surface area contributed by atoms with Gasteiger partial charge in [-0.15, -0.1) is 0 Å². The third kappa shape index (κ3) is 5.85. The highest BCUT2D eigenvalue weighted by Crippen LogP contribution is 2.32. The van der Waals surface area contributed by atoms with Crippen molar-refractivity contribution in [3.05, 3.63) is 12.1 Å². The van der Waals surface area contributed by atoms with Crippen molar-refractivity contribution in [3.8, 4) is 11.1 Å². The highest BCUT2D eigenvalue weighted by Gasteiger charge is 2.31. The van der Waals surface area contributed by atoms with Crippen molar-refractivity contribution in [3.63, 3.8) is 0 Å². The molecule has 6 nitrogen and oxygen atoms in total. The number of hydrogen-bond donors (Lipinski definition) is 0. The van der Waals surface area contributed by atoms with E-state index in [0.29, 0.717) is 41.5 Å². The second-order valence-electron chi connectivity index (χ2n) is 7.65. The molecule has 2 aromatic rings. The van der Waals surface area contributed by atoms with Crippen LogP contribution in [0.15, 0.2) is 12.1 Å². The summed E-state index contributed by atoms with van der Waals surface area (Å²) in [5, 5.41) is 0.419. The Morgan fingerprint density at radius 1 is 1.32 bits per heavy atom. The summed E-state index contributed by atoms with van der Waals surface area (Å²) in [7, 11) is 0. The first-order valence-corrected chi connectivity index (χ1v) is 10.5. The van der Waals surface area contributed by atoms with E-state index in [4.69, 9.17) is 14.2 Å². The highest BCUT2D eigenvalue weighted by molar-refractivity contribution is 7.19. The van der Waals surface area contributed by atoms with Gasteiger partial charge < -0.3 is 19.0 Å². The Morgan fingerprint density at radius 2 is 2.11 bits per heavy atom. The average molecular weight is 411 g/mol. The van der Waals surface area contributed by atoms with Crippen LogP contribution in [0.25, 0.3) is 10.3 Å². The Bertz CT molecular complexity index is 794. The summed E-state index contributed by atoms with van der Waals surface area (Å²) in [4.78, 5) is 20.6. The number of Topliss-reactive ketones (excluding diaryl/α,β-unsaturated/α-hetero) is 1. The summed E-state index contributed by atoms with van der Waals surface area (Å²) in [5.74, 6) is 1.49. The van der Waals surface area contributed by atoms with E-state index in [2.05, 4.69) is 9.97 Å². The van der Waals surface area contributed by atoms with Crippen molar-refractivity contribution >= 4 is 27.5 Å². The van der Waals surface area contributed by atoms with E-state index in [9.17, 15) is 9.18 Å². The molecule has 2 heterocycles. The minimum absolute atomic E-state index is 0.206. The Hall–Kier alpha value is -1.80. The van der Waals surface area contributed by atoms with Crippen LogP contribution in [0.2, 0.25) is 0 Å². The number of rotatable bonds is 11. The molecule has 28 heavy (non-hydrogen) atoms. The molecular formula is C20H27FN2O4S. The quantitative estimate of drug-likeness (QED) is 0.552. The van der Waals surface area contributed by atoms with E-state index in [1.54, 1.807) is 19.9 Å². The molecule has 0 aromatic carbocycles. The lowest BCUT2D eigenvalue weighted by Gasteiger charge is -2.35. The van der Waals surface area contributed by atoms with E-state index in [1.165, 1.54) is 11.3 Å². The molecular weight excluding hydrogens is 383 g/mol. The predicted molar refractivity (Wildman–Crippen MR) is 106 cm³/mol. The standard InChI is InChI=1S/C20H27FN2O4S/c1-12(6-13(2)24)10-25-16-7-15(8-16)11-26-18-5-4-17-19(23-18)28-20(22-17)27-14(3)9-21/h4-5,12,14-16H,6-11H2,1-3H3/t12-,14?,15?,16?/m1/s1. The van der Waals surface area contributed by atoms with Crippen molar-refractivity contribution in [2.75, 3.05) is 19.9 Å². The third-order valence-corrected chi connectivity index (χ3v) is 5.50. The number of aromatic nitrogens is 2. The number of pyridine rings is 1. The zero-order valence-corrected chi connectivity index (χ0v) is 17.3. The van der Waals surface area contributed by atoms with Gasteiger partial charge in [0.25, 0.3) is 5.19 Å². The summed E-state index contributed by atoms with van der Waals surface area (Å²) in [6, 6.07) is 3.63. The predicted octanol–water partition coefficient (Wildman–Crippen LogP) is 4.22. The third-order valence-electron chi connectivity index (χ3n) is 4.64. The molecule has 1 aliphatic carbocycles. The van der Waals surface area contributed by atoms with Crippen LogP contribution < -0.4 is 9.47 Å². The number of ether oxygens (including phenoxy) is 3. The highest BCUT2D eigenvalue weighted by atomic mass is 32.1. The maximum Gasteiger partial charge on any atom is 0.276 e. The van der Waals surface area contributed by atoms with Gasteiger partial charge in [0, 0.05) is 19.1 Å². The van der Waals surface area contributed by atoms with Gasteiger partial charge in [0.1, 0.15) is 24.1 Å². The summed E-state index contributed by atoms with van der Waals surface area (Å²) >= 11 is 1.29. The number of hydrogen-bond acceptors (Lipinski definition) is 7. The Kier molecular flexibility index (Phi) is 7.18. The minimum atomic E-state index is -0.556. The number of carbonyl (C=O) groups is 1. The fourth-order valence-electron chi connectivity index (χ4n) is 3.11. The summed E-state index contributed by atoms with van der Waals surface area (Å²) < 4.78 is 29.6. The first-order chi connectivity index (χ1) is 13.4. The van der Waals surface area contributed by atoms with Crippen molar-refractivity contribution in [2.24, 2.45) is 11.8 Å². The monoisotopic (exact) mass is 410 g/mol. The Balaban J connectivity index is 1.41. The van der Waals surface area contributed by atoms with Crippen LogP contribution in [0.4, 0.5) is 4.39 Å². The van der Waals surface area contributed by atoms with Crippen molar-refractivity contribution in [1.29, 1.82) is 0 Å². The summed E-state index contributed by atoms with van der Waals surface area (Å²) in [6.07, 6.45) is 2.25. The maximum atomic E-state index is 12.6. The minimum Gasteiger partial charge on any atom is -0.477 e. The molecule has 0 amide bonds. The van der Waals surface area contributed by atoms with Crippen molar-refractivity contribution in [2.45, 2.75) is 52.2 Å². The van der Waals surface area contributed by atoms with E-state index in [1.807, 2.05) is 13.0 Å². The zero-order valence-electron chi connectivity index (χ0n) is 16.5. The van der Waals surface area contributed by atoms with E-state index in [0.717, 1.165) is 18.4 Å². The number of alkyl halides is 1. The van der Waals surface area contributed by atoms with Crippen LogP contribution in [0.5, 0.6) is 11.1 Å². The summed E-state index contributed by atoms with van der Waals surface area (Å²) in [6.45, 7) is 5.99. The lowest BCUT2D eigenvalue weighted by molar-refractivity contribution is -0.119. The number of ketones is 1. The van der Waals surface area contributed by atoms with Crippen molar-refractivity contribution < 1.29 is 23.4 Å². The van der Waals surface area contributed by atoms with E-state index < -0.39 is 12.8 Å².